The van der Waals surface area contributed by atoms with Gasteiger partial charge in [0.1, 0.15) is 4.83 Å². The van der Waals surface area contributed by atoms with Gasteiger partial charge in [-0.05, 0) is 82.7 Å². The first-order chi connectivity index (χ1) is 15.3. The summed E-state index contributed by atoms with van der Waals surface area (Å²) in [6.45, 7) is 11.6. The molecule has 1 amide bonds. The summed E-state index contributed by atoms with van der Waals surface area (Å²) in [6, 6.07) is 9.31. The molecule has 3 aromatic rings. The van der Waals surface area contributed by atoms with Crippen molar-refractivity contribution in [3.63, 3.8) is 0 Å². The third kappa shape index (κ3) is 4.24. The van der Waals surface area contributed by atoms with Crippen LogP contribution in [-0.2, 0) is 16.6 Å². The van der Waals surface area contributed by atoms with Crippen molar-refractivity contribution in [2.75, 3.05) is 12.4 Å². The third-order valence-corrected chi connectivity index (χ3v) is 8.43. The number of alkyl halides is 1. The highest BCUT2D eigenvalue weighted by atomic mass is 35.5. The molecule has 1 aliphatic heterocycles. The number of hydrogen-bond acceptors (Lipinski definition) is 2. The van der Waals surface area contributed by atoms with E-state index in [2.05, 4.69) is 68.8 Å². The number of aromatic amines is 1. The molecule has 3 nitrogen and oxygen atoms in total. The van der Waals surface area contributed by atoms with E-state index in [1.54, 1.807) is 11.3 Å². The van der Waals surface area contributed by atoms with Gasteiger partial charge in [-0.15, -0.1) is 22.9 Å². The van der Waals surface area contributed by atoms with E-state index in [9.17, 15) is 4.79 Å². The van der Waals surface area contributed by atoms with E-state index in [0.29, 0.717) is 11.9 Å². The Labute approximate surface area is 201 Å². The summed E-state index contributed by atoms with van der Waals surface area (Å²) < 4.78 is 0. The van der Waals surface area contributed by atoms with Crippen LogP contribution in [0.3, 0.4) is 0 Å². The number of aromatic nitrogens is 1. The van der Waals surface area contributed by atoms with Crippen molar-refractivity contribution in [3.8, 4) is 11.3 Å². The molecule has 1 atom stereocenters. The molecule has 1 unspecified atom stereocenters. The predicted molar refractivity (Wildman–Crippen MR) is 138 cm³/mol. The number of carbonyl (C=O) groups excluding carboxylic acids is 1. The number of nitrogens with zero attached hydrogens (tertiary/aromatic N) is 1. The lowest BCUT2D eigenvalue weighted by Gasteiger charge is -2.32. The van der Waals surface area contributed by atoms with Crippen LogP contribution in [0.4, 0.5) is 0 Å². The summed E-state index contributed by atoms with van der Waals surface area (Å²) in [5.74, 6) is 0.843. The molecule has 4 rings (SSSR count). The number of rotatable bonds is 7. The highest BCUT2D eigenvalue weighted by Crippen LogP contribution is 2.41. The Bertz CT molecular complexity index is 1110. The highest BCUT2D eigenvalue weighted by Gasteiger charge is 2.40. The van der Waals surface area contributed by atoms with Crippen molar-refractivity contribution in [1.82, 2.24) is 9.88 Å². The molecule has 1 fully saturated rings. The van der Waals surface area contributed by atoms with Crippen molar-refractivity contribution in [2.24, 2.45) is 0 Å². The van der Waals surface area contributed by atoms with Gasteiger partial charge in [0, 0.05) is 28.7 Å². The molecule has 1 saturated heterocycles. The van der Waals surface area contributed by atoms with Crippen LogP contribution < -0.4 is 0 Å². The number of halogens is 1. The van der Waals surface area contributed by atoms with Gasteiger partial charge in [-0.25, -0.2) is 0 Å². The smallest absolute Gasteiger partial charge is 0.233 e. The van der Waals surface area contributed by atoms with Crippen LogP contribution in [-0.4, -0.2) is 34.3 Å². The Hall–Kier alpha value is -1.78. The number of thiophene rings is 1. The fraction of sp³-hybridized carbons (Fsp3) is 0.519. The number of hydrogen-bond donors (Lipinski definition) is 1. The normalized spacial score (nSPS) is 16.9. The molecule has 1 N–H and O–H groups in total. The number of nitrogens with one attached hydrogen (secondary N) is 1. The van der Waals surface area contributed by atoms with Gasteiger partial charge in [0.2, 0.25) is 5.91 Å². The molecule has 172 valence electrons. The zero-order valence-electron chi connectivity index (χ0n) is 20.0. The second-order valence-corrected chi connectivity index (χ2v) is 11.3. The van der Waals surface area contributed by atoms with E-state index in [1.807, 2.05) is 0 Å². The molecule has 32 heavy (non-hydrogen) atoms. The molecule has 0 spiro atoms. The number of amides is 1. The summed E-state index contributed by atoms with van der Waals surface area (Å²) in [7, 11) is 0. The van der Waals surface area contributed by atoms with E-state index in [4.69, 9.17) is 11.6 Å². The van der Waals surface area contributed by atoms with Crippen LogP contribution in [0.15, 0.2) is 24.3 Å². The predicted octanol–water partition coefficient (Wildman–Crippen LogP) is 7.36. The Morgan fingerprint density at radius 1 is 1.22 bits per heavy atom. The molecule has 1 aromatic carbocycles. The van der Waals surface area contributed by atoms with Gasteiger partial charge >= 0.3 is 0 Å². The Kier molecular flexibility index (Phi) is 6.74. The molecule has 0 bridgehead atoms. The highest BCUT2D eigenvalue weighted by molar-refractivity contribution is 7.19. The molecule has 0 saturated carbocycles. The molecule has 1 aliphatic rings. The fourth-order valence-corrected chi connectivity index (χ4v) is 6.63. The second kappa shape index (κ2) is 9.23. The van der Waals surface area contributed by atoms with Crippen LogP contribution in [0.1, 0.15) is 68.0 Å². The summed E-state index contributed by atoms with van der Waals surface area (Å²) >= 11 is 7.95. The van der Waals surface area contributed by atoms with Gasteiger partial charge in [-0.3, -0.25) is 4.79 Å². The minimum atomic E-state index is -0.529. The quantitative estimate of drug-likeness (QED) is 0.359. The Morgan fingerprint density at radius 3 is 2.59 bits per heavy atom. The number of H-pyrrole nitrogens is 1. The van der Waals surface area contributed by atoms with Crippen molar-refractivity contribution >= 4 is 39.1 Å². The lowest BCUT2D eigenvalue weighted by Crippen LogP contribution is -2.45. The summed E-state index contributed by atoms with van der Waals surface area (Å²) in [5, 5.41) is 1.22. The Morgan fingerprint density at radius 2 is 1.94 bits per heavy atom. The molecular weight excluding hydrogens is 436 g/mol. The topological polar surface area (TPSA) is 36.1 Å². The van der Waals surface area contributed by atoms with Crippen molar-refractivity contribution in [2.45, 2.75) is 78.2 Å². The molecule has 2 aromatic heterocycles. The SMILES string of the molecule is CCCC1CCCN1C(=O)C(C)(C)c1cc2c(CCCl)c(-c3cc(C)cc(C)c3)[nH]c2s1. The third-order valence-electron chi connectivity index (χ3n) is 6.86. The molecule has 5 heteroatoms. The summed E-state index contributed by atoms with van der Waals surface area (Å²) in [4.78, 5) is 21.7. The van der Waals surface area contributed by atoms with Crippen molar-refractivity contribution < 1.29 is 4.79 Å². The van der Waals surface area contributed by atoms with E-state index in [1.165, 1.54) is 27.6 Å². The number of aryl methyl sites for hydroxylation is 3. The summed E-state index contributed by atoms with van der Waals surface area (Å²) in [5.41, 5.74) is 5.62. The maximum Gasteiger partial charge on any atom is 0.233 e. The monoisotopic (exact) mass is 470 g/mol. The van der Waals surface area contributed by atoms with Crippen LogP contribution in [0, 0.1) is 13.8 Å². The van der Waals surface area contributed by atoms with E-state index < -0.39 is 5.41 Å². The second-order valence-electron chi connectivity index (χ2n) is 9.86. The average Bonchev–Trinajstić information content (AvgIpc) is 3.43. The minimum absolute atomic E-state index is 0.269. The largest absolute Gasteiger partial charge is 0.346 e. The van der Waals surface area contributed by atoms with Crippen molar-refractivity contribution in [3.05, 3.63) is 45.8 Å². The van der Waals surface area contributed by atoms with Gasteiger partial charge in [-0.1, -0.05) is 30.5 Å². The van der Waals surface area contributed by atoms with Gasteiger partial charge in [0.05, 0.1) is 11.1 Å². The maximum atomic E-state index is 13.6. The molecule has 0 radical (unpaired) electrons. The zero-order valence-corrected chi connectivity index (χ0v) is 21.6. The lowest BCUT2D eigenvalue weighted by molar-refractivity contribution is -0.137. The standard InChI is InChI=1S/C27H35ClN2OS/c1-6-8-20-9-7-12-30(20)26(31)27(4,5)23-16-22-21(10-11-28)24(29-25(22)32-23)19-14-17(2)13-18(3)15-19/h13-16,20,29H,6-12H2,1-5H3. The van der Waals surface area contributed by atoms with Gasteiger partial charge in [-0.2, -0.15) is 0 Å². The maximum absolute atomic E-state index is 13.6. The zero-order chi connectivity index (χ0) is 23.0. The number of carbonyl (C=O) groups is 1. The number of benzene rings is 1. The first-order valence-corrected chi connectivity index (χ1v) is 13.2. The van der Waals surface area contributed by atoms with Crippen LogP contribution in [0.2, 0.25) is 0 Å². The lowest BCUT2D eigenvalue weighted by atomic mass is 9.88. The van der Waals surface area contributed by atoms with E-state index >= 15 is 0 Å². The molecule has 0 aliphatic carbocycles. The van der Waals surface area contributed by atoms with Crippen LogP contribution >= 0.6 is 22.9 Å². The molecular formula is C27H35ClN2OS. The fourth-order valence-electron chi connectivity index (χ4n) is 5.26. The first kappa shape index (κ1) is 23.4. The van der Waals surface area contributed by atoms with Crippen LogP contribution in [0.25, 0.3) is 21.5 Å². The van der Waals surface area contributed by atoms with Gasteiger partial charge in [0.25, 0.3) is 0 Å². The number of fused-ring (bicyclic) bond motifs is 1. The van der Waals surface area contributed by atoms with Gasteiger partial charge in [0.15, 0.2) is 0 Å². The van der Waals surface area contributed by atoms with Gasteiger partial charge < -0.3 is 9.88 Å². The first-order valence-electron chi connectivity index (χ1n) is 11.9. The van der Waals surface area contributed by atoms with E-state index in [-0.39, 0.29) is 5.91 Å². The average molecular weight is 471 g/mol. The van der Waals surface area contributed by atoms with Crippen molar-refractivity contribution in [1.29, 1.82) is 0 Å². The summed E-state index contributed by atoms with van der Waals surface area (Å²) in [6.07, 6.45) is 5.29. The molecule has 3 heterocycles. The Balaban J connectivity index is 1.72. The number of likely N-dealkylation sites (tertiary alicyclic amines) is 1. The minimum Gasteiger partial charge on any atom is -0.346 e. The van der Waals surface area contributed by atoms with Crippen LogP contribution in [0.5, 0.6) is 0 Å². The van der Waals surface area contributed by atoms with E-state index in [0.717, 1.165) is 54.1 Å².